The number of fused-ring (bicyclic) bond motifs is 1. The van der Waals surface area contributed by atoms with E-state index in [0.29, 0.717) is 17.2 Å². The first-order chi connectivity index (χ1) is 12.2. The molecule has 0 aromatic heterocycles. The van der Waals surface area contributed by atoms with Crippen molar-refractivity contribution >= 4 is 16.8 Å². The summed E-state index contributed by atoms with van der Waals surface area (Å²) in [6.45, 7) is 2.97. The number of hydrogen-bond donors (Lipinski definition) is 2. The van der Waals surface area contributed by atoms with Crippen molar-refractivity contribution in [3.63, 3.8) is 0 Å². The Hall–Kier alpha value is -1.36. The smallest absolute Gasteiger partial charge is 0.191 e. The molecule has 0 aliphatic heterocycles. The Bertz CT molecular complexity index is 606. The van der Waals surface area contributed by atoms with Gasteiger partial charge >= 0.3 is 0 Å². The van der Waals surface area contributed by atoms with E-state index in [1.807, 2.05) is 14.0 Å². The van der Waals surface area contributed by atoms with Gasteiger partial charge in [0.1, 0.15) is 0 Å². The van der Waals surface area contributed by atoms with Crippen LogP contribution in [-0.4, -0.2) is 40.8 Å². The largest absolute Gasteiger partial charge is 0.356 e. The lowest BCUT2D eigenvalue weighted by atomic mass is 9.95. The molecule has 138 valence electrons. The molecule has 0 radical (unpaired) electrons. The number of benzene rings is 1. The fourth-order valence-electron chi connectivity index (χ4n) is 4.17. The number of nitrogens with one attached hydrogen (secondary N) is 2. The summed E-state index contributed by atoms with van der Waals surface area (Å²) in [5.74, 6) is 2.30. The van der Waals surface area contributed by atoms with Gasteiger partial charge in [0, 0.05) is 41.4 Å². The van der Waals surface area contributed by atoms with Crippen LogP contribution < -0.4 is 10.6 Å². The first-order valence-corrected chi connectivity index (χ1v) is 11.0. The summed E-state index contributed by atoms with van der Waals surface area (Å²) in [5.41, 5.74) is 2.99. The number of nitrogens with zero attached hydrogens (tertiary/aromatic N) is 1. The predicted molar refractivity (Wildman–Crippen MR) is 107 cm³/mol. The molecule has 0 amide bonds. The lowest BCUT2D eigenvalue weighted by molar-refractivity contribution is 0.411. The summed E-state index contributed by atoms with van der Waals surface area (Å²) >= 11 is 0. The van der Waals surface area contributed by atoms with Crippen LogP contribution in [0.1, 0.15) is 43.7 Å². The molecule has 2 aliphatic carbocycles. The van der Waals surface area contributed by atoms with Crippen LogP contribution >= 0.6 is 0 Å². The minimum atomic E-state index is -0.680. The predicted octanol–water partition coefficient (Wildman–Crippen LogP) is 2.65. The number of rotatable bonds is 5. The van der Waals surface area contributed by atoms with Crippen molar-refractivity contribution < 1.29 is 4.21 Å². The van der Waals surface area contributed by atoms with Crippen LogP contribution in [0.25, 0.3) is 0 Å². The van der Waals surface area contributed by atoms with E-state index in [4.69, 9.17) is 0 Å². The highest BCUT2D eigenvalue weighted by molar-refractivity contribution is 7.85. The Balaban J connectivity index is 1.46. The van der Waals surface area contributed by atoms with Crippen molar-refractivity contribution in [3.05, 3.63) is 35.4 Å². The van der Waals surface area contributed by atoms with Gasteiger partial charge in [0.15, 0.2) is 5.96 Å². The maximum Gasteiger partial charge on any atom is 0.191 e. The number of hydrogen-bond acceptors (Lipinski definition) is 2. The van der Waals surface area contributed by atoms with E-state index in [9.17, 15) is 4.21 Å². The van der Waals surface area contributed by atoms with Gasteiger partial charge in [-0.25, -0.2) is 0 Å². The second kappa shape index (κ2) is 8.84. The lowest BCUT2D eigenvalue weighted by Crippen LogP contribution is -2.47. The van der Waals surface area contributed by atoms with Crippen LogP contribution in [0.3, 0.4) is 0 Å². The van der Waals surface area contributed by atoms with E-state index in [1.54, 1.807) is 0 Å². The topological polar surface area (TPSA) is 53.5 Å². The van der Waals surface area contributed by atoms with Crippen molar-refractivity contribution in [2.45, 2.75) is 56.7 Å². The van der Waals surface area contributed by atoms with Crippen LogP contribution in [0, 0.1) is 5.92 Å². The Morgan fingerprint density at radius 2 is 1.96 bits per heavy atom. The summed E-state index contributed by atoms with van der Waals surface area (Å²) in [7, 11) is 1.16. The van der Waals surface area contributed by atoms with E-state index in [0.717, 1.165) is 56.8 Å². The molecule has 2 aliphatic rings. The highest BCUT2D eigenvalue weighted by Crippen LogP contribution is 2.26. The highest BCUT2D eigenvalue weighted by Gasteiger charge is 2.26. The van der Waals surface area contributed by atoms with E-state index in [1.165, 1.54) is 11.1 Å². The molecule has 0 spiro atoms. The van der Waals surface area contributed by atoms with Crippen molar-refractivity contribution in [1.82, 2.24) is 10.6 Å². The summed E-state index contributed by atoms with van der Waals surface area (Å²) in [6.07, 6.45) is 6.71. The zero-order valence-corrected chi connectivity index (χ0v) is 16.3. The van der Waals surface area contributed by atoms with Gasteiger partial charge < -0.3 is 10.6 Å². The summed E-state index contributed by atoms with van der Waals surface area (Å²) in [5, 5.41) is 7.42. The lowest BCUT2D eigenvalue weighted by Gasteiger charge is -2.30. The quantitative estimate of drug-likeness (QED) is 0.626. The van der Waals surface area contributed by atoms with Crippen molar-refractivity contribution in [2.75, 3.05) is 19.3 Å². The van der Waals surface area contributed by atoms with Crippen molar-refractivity contribution in [1.29, 1.82) is 0 Å². The minimum absolute atomic E-state index is 0.346. The Morgan fingerprint density at radius 3 is 2.60 bits per heavy atom. The van der Waals surface area contributed by atoms with Crippen LogP contribution in [-0.2, 0) is 23.6 Å². The van der Waals surface area contributed by atoms with Gasteiger partial charge in [-0.1, -0.05) is 37.6 Å². The highest BCUT2D eigenvalue weighted by atomic mass is 32.2. The molecule has 1 fully saturated rings. The molecule has 3 atom stereocenters. The van der Waals surface area contributed by atoms with Gasteiger partial charge in [-0.15, -0.1) is 0 Å². The van der Waals surface area contributed by atoms with Crippen LogP contribution in [0.15, 0.2) is 29.3 Å². The third kappa shape index (κ3) is 4.84. The second-order valence-electron chi connectivity index (χ2n) is 7.30. The van der Waals surface area contributed by atoms with Gasteiger partial charge in [0.2, 0.25) is 0 Å². The van der Waals surface area contributed by atoms with Gasteiger partial charge in [0.05, 0.1) is 0 Å². The van der Waals surface area contributed by atoms with E-state index < -0.39 is 10.8 Å². The van der Waals surface area contributed by atoms with Gasteiger partial charge in [-0.3, -0.25) is 9.20 Å². The third-order valence-corrected chi connectivity index (χ3v) is 7.28. The summed E-state index contributed by atoms with van der Waals surface area (Å²) < 4.78 is 12.1. The number of guanidine groups is 1. The fourth-order valence-corrected chi connectivity index (χ4v) is 5.52. The normalized spacial score (nSPS) is 25.4. The van der Waals surface area contributed by atoms with Crippen molar-refractivity contribution in [3.8, 4) is 0 Å². The van der Waals surface area contributed by atoms with Crippen molar-refractivity contribution in [2.24, 2.45) is 10.9 Å². The molecule has 1 aromatic carbocycles. The van der Waals surface area contributed by atoms with E-state index in [2.05, 4.69) is 39.9 Å². The first kappa shape index (κ1) is 18.4. The molecular weight excluding hydrogens is 330 g/mol. The summed E-state index contributed by atoms with van der Waals surface area (Å²) in [4.78, 5) is 4.40. The average molecular weight is 362 g/mol. The monoisotopic (exact) mass is 361 g/mol. The zero-order chi connectivity index (χ0) is 17.6. The number of aliphatic imine (C=N–C) groups is 1. The Morgan fingerprint density at radius 1 is 1.24 bits per heavy atom. The molecule has 5 heteroatoms. The maximum atomic E-state index is 12.1. The van der Waals surface area contributed by atoms with Crippen LogP contribution in [0.5, 0.6) is 0 Å². The van der Waals surface area contributed by atoms with Gasteiger partial charge in [0.25, 0.3) is 0 Å². The molecule has 0 bridgehead atoms. The molecule has 1 saturated carbocycles. The molecule has 2 N–H and O–H groups in total. The van der Waals surface area contributed by atoms with E-state index >= 15 is 0 Å². The molecule has 1 aromatic rings. The molecule has 3 rings (SSSR count). The van der Waals surface area contributed by atoms with E-state index in [-0.39, 0.29) is 0 Å². The summed E-state index contributed by atoms with van der Waals surface area (Å²) in [6, 6.07) is 9.15. The molecular formula is C20H31N3OS. The maximum absolute atomic E-state index is 12.1. The zero-order valence-electron chi connectivity index (χ0n) is 15.5. The van der Waals surface area contributed by atoms with Crippen LogP contribution in [0.2, 0.25) is 0 Å². The SMILES string of the molecule is CCS(=O)C1CCCC(NC(=NC)NCC2Cc3ccccc3C2)C1. The van der Waals surface area contributed by atoms with Gasteiger partial charge in [-0.05, 0) is 49.1 Å². The molecule has 4 nitrogen and oxygen atoms in total. The third-order valence-electron chi connectivity index (χ3n) is 5.54. The molecule has 25 heavy (non-hydrogen) atoms. The molecule has 3 unspecified atom stereocenters. The Labute approximate surface area is 154 Å². The first-order valence-electron chi connectivity index (χ1n) is 9.60. The Kier molecular flexibility index (Phi) is 6.51. The molecule has 0 saturated heterocycles. The average Bonchev–Trinajstić information content (AvgIpc) is 3.07. The molecule has 0 heterocycles. The van der Waals surface area contributed by atoms with Crippen LogP contribution in [0.4, 0.5) is 0 Å². The standard InChI is InChI=1S/C20H31N3OS/c1-3-25(24)19-10-6-9-18(13-19)23-20(21-2)22-14-15-11-16-7-4-5-8-17(16)12-15/h4-5,7-8,15,18-19H,3,6,9-14H2,1-2H3,(H2,21,22,23). The fraction of sp³-hybridized carbons (Fsp3) is 0.650. The van der Waals surface area contributed by atoms with Gasteiger partial charge in [-0.2, -0.15) is 0 Å². The second-order valence-corrected chi connectivity index (χ2v) is 9.30. The minimum Gasteiger partial charge on any atom is -0.356 e.